The van der Waals surface area contributed by atoms with Crippen molar-refractivity contribution in [3.05, 3.63) is 23.8 Å². The SMILES string of the molecule is COc1cc(OC)cc(C2C(CN)OCCN2C2CC2)c1. The summed E-state index contributed by atoms with van der Waals surface area (Å²) in [5, 5.41) is 0. The molecule has 0 spiro atoms. The minimum absolute atomic E-state index is 0.0242. The van der Waals surface area contributed by atoms with E-state index in [9.17, 15) is 0 Å². The molecule has 5 nitrogen and oxygen atoms in total. The Hall–Kier alpha value is -1.30. The van der Waals surface area contributed by atoms with Gasteiger partial charge in [-0.2, -0.15) is 0 Å². The summed E-state index contributed by atoms with van der Waals surface area (Å²) < 4.78 is 16.7. The molecule has 3 rings (SSSR count). The molecular formula is C16H24N2O3. The Bertz CT molecular complexity index is 468. The van der Waals surface area contributed by atoms with E-state index in [0.29, 0.717) is 12.6 Å². The normalized spacial score (nSPS) is 26.6. The van der Waals surface area contributed by atoms with Crippen molar-refractivity contribution in [2.24, 2.45) is 5.73 Å². The van der Waals surface area contributed by atoms with E-state index in [0.717, 1.165) is 30.2 Å². The van der Waals surface area contributed by atoms with Gasteiger partial charge >= 0.3 is 0 Å². The first-order valence-electron chi connectivity index (χ1n) is 7.57. The summed E-state index contributed by atoms with van der Waals surface area (Å²) in [5.74, 6) is 1.61. The smallest absolute Gasteiger partial charge is 0.122 e. The molecule has 1 aromatic rings. The number of nitrogens with two attached hydrogens (primary N) is 1. The molecule has 0 aromatic heterocycles. The quantitative estimate of drug-likeness (QED) is 0.892. The molecule has 1 saturated carbocycles. The average Bonchev–Trinajstić information content (AvgIpc) is 3.38. The van der Waals surface area contributed by atoms with Gasteiger partial charge in [0.1, 0.15) is 11.5 Å². The number of methoxy groups -OCH3 is 2. The molecule has 2 fully saturated rings. The van der Waals surface area contributed by atoms with E-state index in [1.165, 1.54) is 12.8 Å². The van der Waals surface area contributed by atoms with E-state index in [1.54, 1.807) is 14.2 Å². The predicted molar refractivity (Wildman–Crippen MR) is 80.8 cm³/mol. The minimum atomic E-state index is 0.0242. The summed E-state index contributed by atoms with van der Waals surface area (Å²) in [6.45, 7) is 2.24. The first-order valence-corrected chi connectivity index (χ1v) is 7.57. The number of hydrogen-bond acceptors (Lipinski definition) is 5. The second kappa shape index (κ2) is 6.22. The molecule has 2 atom stereocenters. The van der Waals surface area contributed by atoms with Gasteiger partial charge in [0.2, 0.25) is 0 Å². The zero-order valence-electron chi connectivity index (χ0n) is 12.7. The van der Waals surface area contributed by atoms with Crippen LogP contribution in [0.25, 0.3) is 0 Å². The topological polar surface area (TPSA) is 57.0 Å². The van der Waals surface area contributed by atoms with Gasteiger partial charge in [-0.15, -0.1) is 0 Å². The van der Waals surface area contributed by atoms with Gasteiger partial charge in [0.05, 0.1) is 33.0 Å². The molecule has 5 heteroatoms. The van der Waals surface area contributed by atoms with Crippen LogP contribution < -0.4 is 15.2 Å². The van der Waals surface area contributed by atoms with Crippen molar-refractivity contribution >= 4 is 0 Å². The van der Waals surface area contributed by atoms with Gasteiger partial charge < -0.3 is 19.9 Å². The van der Waals surface area contributed by atoms with Crippen LogP contribution >= 0.6 is 0 Å². The number of hydrogen-bond donors (Lipinski definition) is 1. The van der Waals surface area contributed by atoms with Crippen molar-refractivity contribution in [1.29, 1.82) is 0 Å². The second-order valence-corrected chi connectivity index (χ2v) is 5.70. The number of rotatable bonds is 5. The van der Waals surface area contributed by atoms with Crippen LogP contribution in [0, 0.1) is 0 Å². The van der Waals surface area contributed by atoms with Crippen LogP contribution in [0.2, 0.25) is 0 Å². The summed E-state index contributed by atoms with van der Waals surface area (Å²) in [4.78, 5) is 2.54. The Morgan fingerprint density at radius 1 is 1.19 bits per heavy atom. The van der Waals surface area contributed by atoms with E-state index in [4.69, 9.17) is 19.9 Å². The molecule has 2 N–H and O–H groups in total. The fraction of sp³-hybridized carbons (Fsp3) is 0.625. The van der Waals surface area contributed by atoms with E-state index in [-0.39, 0.29) is 12.1 Å². The van der Waals surface area contributed by atoms with Crippen molar-refractivity contribution in [2.45, 2.75) is 31.0 Å². The summed E-state index contributed by atoms with van der Waals surface area (Å²) in [5.41, 5.74) is 7.10. The third-order valence-electron chi connectivity index (χ3n) is 4.35. The van der Waals surface area contributed by atoms with Crippen molar-refractivity contribution in [3.8, 4) is 11.5 Å². The third-order valence-corrected chi connectivity index (χ3v) is 4.35. The van der Waals surface area contributed by atoms with Gasteiger partial charge in [-0.05, 0) is 30.5 Å². The minimum Gasteiger partial charge on any atom is -0.497 e. The standard InChI is InChI=1S/C16H24N2O3/c1-19-13-7-11(8-14(9-13)20-2)16-15(10-17)21-6-5-18(16)12-3-4-12/h7-9,12,15-16H,3-6,10,17H2,1-2H3. The fourth-order valence-electron chi connectivity index (χ4n) is 3.17. The molecule has 1 saturated heterocycles. The van der Waals surface area contributed by atoms with Crippen LogP contribution in [0.15, 0.2) is 18.2 Å². The first kappa shape index (κ1) is 14.6. The zero-order chi connectivity index (χ0) is 14.8. The van der Waals surface area contributed by atoms with Gasteiger partial charge in [-0.3, -0.25) is 4.90 Å². The van der Waals surface area contributed by atoms with Gasteiger partial charge in [-0.1, -0.05) is 0 Å². The molecule has 1 aromatic carbocycles. The second-order valence-electron chi connectivity index (χ2n) is 5.70. The molecule has 0 amide bonds. The van der Waals surface area contributed by atoms with Gasteiger partial charge in [0.15, 0.2) is 0 Å². The fourth-order valence-corrected chi connectivity index (χ4v) is 3.17. The van der Waals surface area contributed by atoms with Crippen molar-refractivity contribution in [2.75, 3.05) is 33.9 Å². The monoisotopic (exact) mass is 292 g/mol. The van der Waals surface area contributed by atoms with Crippen LogP contribution in [-0.4, -0.2) is 51.0 Å². The van der Waals surface area contributed by atoms with E-state index >= 15 is 0 Å². The van der Waals surface area contributed by atoms with Crippen molar-refractivity contribution < 1.29 is 14.2 Å². The number of ether oxygens (including phenoxy) is 3. The van der Waals surface area contributed by atoms with Crippen LogP contribution in [0.3, 0.4) is 0 Å². The zero-order valence-corrected chi connectivity index (χ0v) is 12.7. The Morgan fingerprint density at radius 2 is 1.86 bits per heavy atom. The molecular weight excluding hydrogens is 268 g/mol. The Labute approximate surface area is 126 Å². The van der Waals surface area contributed by atoms with Gasteiger partial charge in [0.25, 0.3) is 0 Å². The summed E-state index contributed by atoms with van der Waals surface area (Å²) in [7, 11) is 3.35. The van der Waals surface area contributed by atoms with E-state index < -0.39 is 0 Å². The number of morpholine rings is 1. The molecule has 0 radical (unpaired) electrons. The highest BCUT2D eigenvalue weighted by molar-refractivity contribution is 5.40. The lowest BCUT2D eigenvalue weighted by molar-refractivity contribution is -0.0713. The van der Waals surface area contributed by atoms with Crippen LogP contribution in [-0.2, 0) is 4.74 Å². The maximum Gasteiger partial charge on any atom is 0.122 e. The average molecular weight is 292 g/mol. The lowest BCUT2D eigenvalue weighted by atomic mass is 9.97. The van der Waals surface area contributed by atoms with Crippen molar-refractivity contribution in [3.63, 3.8) is 0 Å². The predicted octanol–water partition coefficient (Wildman–Crippen LogP) is 1.57. The maximum absolute atomic E-state index is 5.94. The summed E-state index contributed by atoms with van der Waals surface area (Å²) in [6.07, 6.45) is 2.57. The van der Waals surface area contributed by atoms with E-state index in [2.05, 4.69) is 17.0 Å². The molecule has 2 aliphatic rings. The first-order chi connectivity index (χ1) is 10.3. The number of benzene rings is 1. The van der Waals surface area contributed by atoms with Crippen LogP contribution in [0.4, 0.5) is 0 Å². The van der Waals surface area contributed by atoms with Crippen molar-refractivity contribution in [1.82, 2.24) is 4.90 Å². The maximum atomic E-state index is 5.94. The number of nitrogens with zero attached hydrogens (tertiary/aromatic N) is 1. The Morgan fingerprint density at radius 3 is 2.38 bits per heavy atom. The lowest BCUT2D eigenvalue weighted by Crippen LogP contribution is -2.49. The third kappa shape index (κ3) is 3.00. The molecule has 1 aliphatic carbocycles. The highest BCUT2D eigenvalue weighted by Gasteiger charge is 2.41. The van der Waals surface area contributed by atoms with Crippen LogP contribution in [0.5, 0.6) is 11.5 Å². The molecule has 2 unspecified atom stereocenters. The molecule has 0 bridgehead atoms. The molecule has 21 heavy (non-hydrogen) atoms. The van der Waals surface area contributed by atoms with E-state index in [1.807, 2.05) is 6.07 Å². The van der Waals surface area contributed by atoms with Gasteiger partial charge in [-0.25, -0.2) is 0 Å². The van der Waals surface area contributed by atoms with Gasteiger partial charge in [0, 0.05) is 25.2 Å². The molecule has 1 heterocycles. The highest BCUT2D eigenvalue weighted by atomic mass is 16.5. The molecule has 1 aliphatic heterocycles. The Balaban J connectivity index is 1.96. The molecule has 116 valence electrons. The van der Waals surface area contributed by atoms with Crippen LogP contribution in [0.1, 0.15) is 24.4 Å². The largest absolute Gasteiger partial charge is 0.497 e. The highest BCUT2D eigenvalue weighted by Crippen LogP contribution is 2.40. The summed E-state index contributed by atoms with van der Waals surface area (Å²) in [6, 6.07) is 6.89. The lowest BCUT2D eigenvalue weighted by Gasteiger charge is -2.41. The summed E-state index contributed by atoms with van der Waals surface area (Å²) >= 11 is 0. The Kier molecular flexibility index (Phi) is 4.33.